The first-order valence-electron chi connectivity index (χ1n) is 3.42. The molecule has 10 heavy (non-hydrogen) atoms. The molecule has 0 saturated heterocycles. The van der Waals surface area contributed by atoms with Crippen molar-refractivity contribution < 1.29 is 0 Å². The first-order valence-corrected chi connectivity index (χ1v) is 3.94. The first kappa shape index (κ1) is 7.67. The predicted molar refractivity (Wildman–Crippen MR) is 47.4 cm³/mol. The summed E-state index contributed by atoms with van der Waals surface area (Å²) in [6.07, 6.45) is 1.04. The lowest BCUT2D eigenvalue weighted by Crippen LogP contribution is -1.95. The van der Waals surface area contributed by atoms with E-state index in [2.05, 4.69) is 37.8 Å². The highest BCUT2D eigenvalue weighted by Gasteiger charge is 1.94. The SMILES string of the molecule is CC(S)Cc1cc[c]cc1. The molecule has 0 saturated carbocycles. The zero-order valence-electron chi connectivity index (χ0n) is 6.04. The zero-order chi connectivity index (χ0) is 7.40. The van der Waals surface area contributed by atoms with Crippen LogP contribution in [-0.4, -0.2) is 5.25 Å². The van der Waals surface area contributed by atoms with E-state index in [1.165, 1.54) is 5.56 Å². The van der Waals surface area contributed by atoms with Crippen molar-refractivity contribution in [3.05, 3.63) is 35.9 Å². The fraction of sp³-hybridized carbons (Fsp3) is 0.333. The van der Waals surface area contributed by atoms with E-state index in [0.29, 0.717) is 5.25 Å². The molecular weight excluding hydrogens is 140 g/mol. The van der Waals surface area contributed by atoms with E-state index in [1.807, 2.05) is 12.1 Å². The van der Waals surface area contributed by atoms with Crippen LogP contribution in [0.1, 0.15) is 12.5 Å². The number of rotatable bonds is 2. The molecule has 1 aromatic rings. The Labute approximate surface area is 67.7 Å². The molecule has 1 heteroatoms. The predicted octanol–water partition coefficient (Wildman–Crippen LogP) is 2.35. The summed E-state index contributed by atoms with van der Waals surface area (Å²) in [5.74, 6) is 0. The van der Waals surface area contributed by atoms with Crippen LogP contribution in [0.4, 0.5) is 0 Å². The van der Waals surface area contributed by atoms with Gasteiger partial charge >= 0.3 is 0 Å². The van der Waals surface area contributed by atoms with Gasteiger partial charge in [-0.3, -0.25) is 0 Å². The van der Waals surface area contributed by atoms with Gasteiger partial charge in [0, 0.05) is 5.25 Å². The number of thiol groups is 1. The number of hydrogen-bond acceptors (Lipinski definition) is 1. The molecule has 1 rings (SSSR count). The van der Waals surface area contributed by atoms with Gasteiger partial charge in [0.05, 0.1) is 0 Å². The molecule has 0 N–H and O–H groups in total. The van der Waals surface area contributed by atoms with Crippen molar-refractivity contribution in [2.75, 3.05) is 0 Å². The molecule has 1 unspecified atom stereocenters. The standard InChI is InChI=1S/C9H11S/c1-8(10)7-9-5-3-2-4-6-9/h3-6,8,10H,7H2,1H3. The second-order valence-electron chi connectivity index (χ2n) is 2.46. The van der Waals surface area contributed by atoms with Gasteiger partial charge in [-0.1, -0.05) is 31.2 Å². The molecule has 0 amide bonds. The third-order valence-corrected chi connectivity index (χ3v) is 1.50. The van der Waals surface area contributed by atoms with Gasteiger partial charge in [-0.15, -0.1) is 0 Å². The van der Waals surface area contributed by atoms with Crippen LogP contribution in [0.25, 0.3) is 0 Å². The van der Waals surface area contributed by atoms with Gasteiger partial charge in [-0.2, -0.15) is 12.6 Å². The second-order valence-corrected chi connectivity index (χ2v) is 3.34. The molecule has 0 aromatic heterocycles. The molecule has 1 atom stereocenters. The first-order chi connectivity index (χ1) is 4.79. The summed E-state index contributed by atoms with van der Waals surface area (Å²) < 4.78 is 0. The quantitative estimate of drug-likeness (QED) is 0.616. The minimum absolute atomic E-state index is 0.447. The van der Waals surface area contributed by atoms with E-state index in [-0.39, 0.29) is 0 Å². The summed E-state index contributed by atoms with van der Waals surface area (Å²) >= 11 is 4.30. The van der Waals surface area contributed by atoms with Gasteiger partial charge in [-0.05, 0) is 18.1 Å². The summed E-state index contributed by atoms with van der Waals surface area (Å²) in [5.41, 5.74) is 1.33. The smallest absolute Gasteiger partial charge is 0.00288 e. The van der Waals surface area contributed by atoms with E-state index in [1.54, 1.807) is 0 Å². The molecule has 0 fully saturated rings. The van der Waals surface area contributed by atoms with E-state index < -0.39 is 0 Å². The normalized spacial score (nSPS) is 13.0. The average Bonchev–Trinajstić information content (AvgIpc) is 1.88. The Morgan fingerprint density at radius 1 is 1.50 bits per heavy atom. The maximum Gasteiger partial charge on any atom is 0.00288 e. The maximum atomic E-state index is 4.30. The van der Waals surface area contributed by atoms with Crippen LogP contribution in [0.15, 0.2) is 24.3 Å². The lowest BCUT2D eigenvalue weighted by atomic mass is 10.1. The van der Waals surface area contributed by atoms with Crippen molar-refractivity contribution in [1.29, 1.82) is 0 Å². The lowest BCUT2D eigenvalue weighted by molar-refractivity contribution is 0.951. The van der Waals surface area contributed by atoms with Crippen molar-refractivity contribution in [1.82, 2.24) is 0 Å². The Morgan fingerprint density at radius 2 is 2.10 bits per heavy atom. The molecule has 0 aliphatic carbocycles. The highest BCUT2D eigenvalue weighted by Crippen LogP contribution is 2.05. The van der Waals surface area contributed by atoms with Gasteiger partial charge in [0.1, 0.15) is 0 Å². The van der Waals surface area contributed by atoms with Crippen molar-refractivity contribution >= 4 is 12.6 Å². The van der Waals surface area contributed by atoms with Crippen LogP contribution in [-0.2, 0) is 6.42 Å². The Balaban J connectivity index is 2.59. The summed E-state index contributed by atoms with van der Waals surface area (Å²) in [5, 5.41) is 0.447. The van der Waals surface area contributed by atoms with Gasteiger partial charge < -0.3 is 0 Å². The van der Waals surface area contributed by atoms with Gasteiger partial charge in [-0.25, -0.2) is 0 Å². The Kier molecular flexibility index (Phi) is 2.82. The molecule has 0 heterocycles. The van der Waals surface area contributed by atoms with E-state index >= 15 is 0 Å². The summed E-state index contributed by atoms with van der Waals surface area (Å²) in [6.45, 7) is 2.10. The van der Waals surface area contributed by atoms with Crippen LogP contribution in [0.3, 0.4) is 0 Å². The molecule has 0 spiro atoms. The van der Waals surface area contributed by atoms with Crippen LogP contribution in [0, 0.1) is 6.07 Å². The largest absolute Gasteiger partial charge is 0.176 e. The molecule has 1 aromatic carbocycles. The van der Waals surface area contributed by atoms with Crippen LogP contribution in [0.2, 0.25) is 0 Å². The van der Waals surface area contributed by atoms with Crippen molar-refractivity contribution in [3.8, 4) is 0 Å². The van der Waals surface area contributed by atoms with Crippen molar-refractivity contribution in [3.63, 3.8) is 0 Å². The summed E-state index contributed by atoms with van der Waals surface area (Å²) in [4.78, 5) is 0. The Hall–Kier alpha value is -0.430. The Morgan fingerprint density at radius 3 is 2.60 bits per heavy atom. The number of benzene rings is 1. The van der Waals surface area contributed by atoms with Gasteiger partial charge in [0.15, 0.2) is 0 Å². The van der Waals surface area contributed by atoms with Crippen LogP contribution >= 0.6 is 12.6 Å². The summed E-state index contributed by atoms with van der Waals surface area (Å²) in [7, 11) is 0. The highest BCUT2D eigenvalue weighted by atomic mass is 32.1. The topological polar surface area (TPSA) is 0 Å². The fourth-order valence-corrected chi connectivity index (χ4v) is 1.11. The van der Waals surface area contributed by atoms with Crippen molar-refractivity contribution in [2.45, 2.75) is 18.6 Å². The average molecular weight is 151 g/mol. The Bertz CT molecular complexity index is 179. The van der Waals surface area contributed by atoms with E-state index in [4.69, 9.17) is 0 Å². The monoisotopic (exact) mass is 151 g/mol. The minimum atomic E-state index is 0.447. The zero-order valence-corrected chi connectivity index (χ0v) is 6.94. The third-order valence-electron chi connectivity index (χ3n) is 1.32. The van der Waals surface area contributed by atoms with Crippen LogP contribution in [0.5, 0.6) is 0 Å². The highest BCUT2D eigenvalue weighted by molar-refractivity contribution is 7.80. The van der Waals surface area contributed by atoms with Crippen LogP contribution < -0.4 is 0 Å². The molecular formula is C9H11S. The van der Waals surface area contributed by atoms with E-state index in [9.17, 15) is 0 Å². The third kappa shape index (κ3) is 2.44. The molecule has 0 aliphatic heterocycles. The molecule has 0 nitrogen and oxygen atoms in total. The number of hydrogen-bond donors (Lipinski definition) is 1. The maximum absolute atomic E-state index is 4.30. The van der Waals surface area contributed by atoms with E-state index in [0.717, 1.165) is 6.42 Å². The second kappa shape index (κ2) is 3.67. The van der Waals surface area contributed by atoms with Crippen molar-refractivity contribution in [2.24, 2.45) is 0 Å². The fourth-order valence-electron chi connectivity index (χ4n) is 0.899. The van der Waals surface area contributed by atoms with Gasteiger partial charge in [0.2, 0.25) is 0 Å². The van der Waals surface area contributed by atoms with Gasteiger partial charge in [0.25, 0.3) is 0 Å². The minimum Gasteiger partial charge on any atom is -0.176 e. The molecule has 0 aliphatic rings. The lowest BCUT2D eigenvalue weighted by Gasteiger charge is -2.01. The molecule has 53 valence electrons. The molecule has 1 radical (unpaired) electrons. The molecule has 0 bridgehead atoms. The summed E-state index contributed by atoms with van der Waals surface area (Å²) in [6, 6.07) is 11.0.